The third-order valence-corrected chi connectivity index (χ3v) is 15.1. The maximum absolute atomic E-state index is 12.2. The zero-order chi connectivity index (χ0) is 18.1. The molecule has 0 amide bonds. The van der Waals surface area contributed by atoms with Gasteiger partial charge in [-0.1, -0.05) is 6.92 Å². The van der Waals surface area contributed by atoms with Gasteiger partial charge in [-0.15, -0.1) is 0 Å². The zero-order valence-electron chi connectivity index (χ0n) is 15.9. The molecule has 0 fully saturated rings. The minimum Gasteiger partial charge on any atom is -0.0654 e. The molecule has 2 nitrogen and oxygen atoms in total. The summed E-state index contributed by atoms with van der Waals surface area (Å²) in [6.45, 7) is 13.7. The van der Waals surface area contributed by atoms with Gasteiger partial charge in [-0.25, -0.2) is 0 Å². The van der Waals surface area contributed by atoms with Gasteiger partial charge in [-0.2, -0.15) is 0 Å². The molecule has 0 saturated carbocycles. The van der Waals surface area contributed by atoms with Gasteiger partial charge in [-0.05, 0) is 0 Å². The summed E-state index contributed by atoms with van der Waals surface area (Å²) in [5, 5.41) is 0. The average molecular weight is 441 g/mol. The first-order chi connectivity index (χ1) is 11.6. The summed E-state index contributed by atoms with van der Waals surface area (Å²) in [6, 6.07) is 0. The van der Waals surface area contributed by atoms with Crippen LogP contribution < -0.4 is 0 Å². The van der Waals surface area contributed by atoms with Gasteiger partial charge in [0.05, 0.1) is 0 Å². The normalized spacial score (nSPS) is 11.0. The van der Waals surface area contributed by atoms with Gasteiger partial charge in [0, 0.05) is 0 Å². The summed E-state index contributed by atoms with van der Waals surface area (Å²) >= 11 is -2.98. The van der Waals surface area contributed by atoms with Gasteiger partial charge in [0.1, 0.15) is 0 Å². The van der Waals surface area contributed by atoms with Crippen LogP contribution in [-0.4, -0.2) is 24.8 Å². The molecule has 0 aromatic heterocycles. The molecule has 0 spiro atoms. The first-order valence-corrected chi connectivity index (χ1v) is 16.9. The van der Waals surface area contributed by atoms with E-state index in [1.165, 1.54) is 44.9 Å². The summed E-state index contributed by atoms with van der Waals surface area (Å²) in [6.07, 6.45) is 17.6. The van der Waals surface area contributed by atoms with Crippen LogP contribution in [0.4, 0.5) is 0 Å². The van der Waals surface area contributed by atoms with E-state index in [2.05, 4.69) is 26.7 Å². The van der Waals surface area contributed by atoms with Crippen LogP contribution in [0.15, 0.2) is 38.0 Å². The van der Waals surface area contributed by atoms with Crippen molar-refractivity contribution in [1.29, 1.82) is 0 Å². The van der Waals surface area contributed by atoms with E-state index in [4.69, 9.17) is 3.07 Å². The fourth-order valence-corrected chi connectivity index (χ4v) is 11.4. The summed E-state index contributed by atoms with van der Waals surface area (Å²) in [4.78, 5) is 12.2. The number of allylic oxidation sites excluding steroid dienone is 3. The molecule has 0 aliphatic carbocycles. The Kier molecular flexibility index (Phi) is 15.6. The Morgan fingerprint density at radius 3 is 1.62 bits per heavy atom. The Morgan fingerprint density at radius 2 is 1.21 bits per heavy atom. The topological polar surface area (TPSA) is 26.3 Å². The predicted molar refractivity (Wildman–Crippen MR) is 109 cm³/mol. The quantitative estimate of drug-likeness (QED) is 0.139. The van der Waals surface area contributed by atoms with Crippen LogP contribution in [0.1, 0.15) is 71.1 Å². The second-order valence-electron chi connectivity index (χ2n) is 6.71. The Hall–Kier alpha value is -0.511. The minimum atomic E-state index is -2.98. The molecule has 0 rings (SSSR count). The Labute approximate surface area is 154 Å². The molecule has 0 saturated heterocycles. The minimum absolute atomic E-state index is 0.0145. The van der Waals surface area contributed by atoms with Crippen LogP contribution in [0, 0.1) is 0 Å². The first-order valence-electron chi connectivity index (χ1n) is 9.68. The van der Waals surface area contributed by atoms with Gasteiger partial charge in [0.25, 0.3) is 0 Å². The zero-order valence-corrected chi connectivity index (χ0v) is 18.7. The fraction of sp³-hybridized carbons (Fsp3) is 0.667. The molecule has 24 heavy (non-hydrogen) atoms. The SMILES string of the molecule is C=C[CH2][Sn]([CH2]C=C)([CH2]C=C)[O]C(=O)CCCCCCCCCCC. The fourth-order valence-electron chi connectivity index (χ4n) is 3.04. The third kappa shape index (κ3) is 11.9. The molecule has 138 valence electrons. The molecule has 0 bridgehead atoms. The van der Waals surface area contributed by atoms with Crippen molar-refractivity contribution in [3.05, 3.63) is 38.0 Å². The van der Waals surface area contributed by atoms with Gasteiger partial charge in [0.15, 0.2) is 0 Å². The number of carbonyl (C=O) groups is 1. The smallest absolute Gasteiger partial charge is 0.0654 e. The molecule has 0 atom stereocenters. The second kappa shape index (κ2) is 16.0. The molecule has 0 aliphatic heterocycles. The Bertz CT molecular complexity index is 336. The van der Waals surface area contributed by atoms with E-state index in [1.54, 1.807) is 0 Å². The average Bonchev–Trinajstić information content (AvgIpc) is 2.54. The number of hydrogen-bond acceptors (Lipinski definition) is 2. The predicted octanol–water partition coefficient (Wildman–Crippen LogP) is 6.95. The summed E-state index contributed by atoms with van der Waals surface area (Å²) < 4.78 is 8.52. The van der Waals surface area contributed by atoms with E-state index in [0.29, 0.717) is 6.42 Å². The van der Waals surface area contributed by atoms with Crippen LogP contribution in [0.5, 0.6) is 0 Å². The summed E-state index contributed by atoms with van der Waals surface area (Å²) in [5.74, 6) is -0.0145. The van der Waals surface area contributed by atoms with E-state index in [1.807, 2.05) is 18.2 Å². The van der Waals surface area contributed by atoms with Crippen molar-refractivity contribution in [2.45, 2.75) is 84.4 Å². The molecular formula is C21H38O2Sn. The number of carbonyl (C=O) groups excluding carboxylic acids is 1. The maximum atomic E-state index is 12.2. The Morgan fingerprint density at radius 1 is 0.792 bits per heavy atom. The van der Waals surface area contributed by atoms with Crippen LogP contribution in [0.3, 0.4) is 0 Å². The first kappa shape index (κ1) is 23.5. The second-order valence-corrected chi connectivity index (χ2v) is 17.5. The van der Waals surface area contributed by atoms with Gasteiger partial charge in [0.2, 0.25) is 0 Å². The van der Waals surface area contributed by atoms with Crippen molar-refractivity contribution >= 4 is 24.8 Å². The van der Waals surface area contributed by atoms with E-state index in [-0.39, 0.29) is 5.97 Å². The molecule has 0 unspecified atom stereocenters. The molecule has 0 aromatic rings. The van der Waals surface area contributed by atoms with E-state index < -0.39 is 18.8 Å². The molecule has 0 heterocycles. The summed E-state index contributed by atoms with van der Waals surface area (Å²) in [5.41, 5.74) is 0. The van der Waals surface area contributed by atoms with Crippen LogP contribution in [0.2, 0.25) is 13.3 Å². The van der Waals surface area contributed by atoms with Crippen molar-refractivity contribution in [3.63, 3.8) is 0 Å². The molecule has 0 aromatic carbocycles. The van der Waals surface area contributed by atoms with Crippen molar-refractivity contribution in [2.24, 2.45) is 0 Å². The monoisotopic (exact) mass is 442 g/mol. The van der Waals surface area contributed by atoms with Gasteiger partial charge < -0.3 is 0 Å². The number of rotatable bonds is 17. The van der Waals surface area contributed by atoms with E-state index in [0.717, 1.165) is 26.2 Å². The van der Waals surface area contributed by atoms with Crippen molar-refractivity contribution < 1.29 is 7.87 Å². The summed E-state index contributed by atoms with van der Waals surface area (Å²) in [7, 11) is 0. The van der Waals surface area contributed by atoms with E-state index >= 15 is 0 Å². The van der Waals surface area contributed by atoms with Crippen molar-refractivity contribution in [2.75, 3.05) is 0 Å². The standard InChI is InChI=1S/C12H24O2.3C3H5.Sn/c1-2-3-4-5-6-7-8-9-10-11-12(13)14;3*1-3-2;/h2-11H2,1H3,(H,13,14);3*3H,1-2H2;/q;;;;+1/p-1. The van der Waals surface area contributed by atoms with Crippen molar-refractivity contribution in [1.82, 2.24) is 0 Å². The third-order valence-electron chi connectivity index (χ3n) is 4.36. The van der Waals surface area contributed by atoms with Gasteiger partial charge in [-0.3, -0.25) is 0 Å². The molecule has 0 radical (unpaired) electrons. The van der Waals surface area contributed by atoms with Crippen molar-refractivity contribution in [3.8, 4) is 0 Å². The van der Waals surface area contributed by atoms with Gasteiger partial charge >= 0.3 is 148 Å². The van der Waals surface area contributed by atoms with Crippen LogP contribution >= 0.6 is 0 Å². The Balaban J connectivity index is 3.97. The number of hydrogen-bond donors (Lipinski definition) is 0. The molecule has 0 aliphatic rings. The molecule has 0 N–H and O–H groups in total. The van der Waals surface area contributed by atoms with Crippen LogP contribution in [0.25, 0.3) is 0 Å². The number of unbranched alkanes of at least 4 members (excludes halogenated alkanes) is 8. The van der Waals surface area contributed by atoms with Crippen LogP contribution in [-0.2, 0) is 7.87 Å². The molecular weight excluding hydrogens is 403 g/mol. The van der Waals surface area contributed by atoms with E-state index in [9.17, 15) is 4.79 Å². The molecule has 3 heteroatoms.